The number of benzene rings is 1. The van der Waals surface area contributed by atoms with E-state index in [1.54, 1.807) is 0 Å². The lowest BCUT2D eigenvalue weighted by Gasteiger charge is -2.12. The van der Waals surface area contributed by atoms with E-state index in [1.807, 2.05) is 0 Å². The first-order valence-corrected chi connectivity index (χ1v) is 6.90. The van der Waals surface area contributed by atoms with Crippen LogP contribution in [0.2, 0.25) is 0 Å². The van der Waals surface area contributed by atoms with Crippen LogP contribution in [0.3, 0.4) is 0 Å². The van der Waals surface area contributed by atoms with Crippen molar-refractivity contribution in [3.05, 3.63) is 63.8 Å². The summed E-state index contributed by atoms with van der Waals surface area (Å²) in [6.45, 7) is 0. The Kier molecular flexibility index (Phi) is 5.33. The second kappa shape index (κ2) is 7.14. The Morgan fingerprint density at radius 1 is 0.769 bits per heavy atom. The van der Waals surface area contributed by atoms with Crippen LogP contribution >= 0.6 is 0 Å². The van der Waals surface area contributed by atoms with Crippen LogP contribution in [0.5, 0.6) is 5.75 Å². The lowest BCUT2D eigenvalue weighted by Crippen LogP contribution is -2.10. The molecule has 0 aromatic heterocycles. The predicted molar refractivity (Wildman–Crippen MR) is 79.9 cm³/mol. The van der Waals surface area contributed by atoms with Gasteiger partial charge >= 0.3 is 12.4 Å². The van der Waals surface area contributed by atoms with Gasteiger partial charge in [-0.05, 0) is 42.5 Å². The molecule has 4 nitrogen and oxygen atoms in total. The Labute approximate surface area is 142 Å². The molecule has 0 fully saturated rings. The highest BCUT2D eigenvalue weighted by Gasteiger charge is 2.36. The molecule has 0 aliphatic carbocycles. The number of methoxy groups -OCH3 is 1. The summed E-state index contributed by atoms with van der Waals surface area (Å²) >= 11 is 0. The molecule has 0 spiro atoms. The maximum Gasteiger partial charge on any atom is 0.416 e. The van der Waals surface area contributed by atoms with Gasteiger partial charge in [0.25, 0.3) is 0 Å². The zero-order chi connectivity index (χ0) is 19.5. The molecule has 0 amide bonds. The Morgan fingerprint density at radius 2 is 1.27 bits per heavy atom. The van der Waals surface area contributed by atoms with E-state index in [-0.39, 0.29) is 17.5 Å². The lowest BCUT2D eigenvalue weighted by molar-refractivity contribution is -0.143. The quantitative estimate of drug-likeness (QED) is 0.524. The number of halogens is 6. The maximum atomic E-state index is 12.8. The van der Waals surface area contributed by atoms with Gasteiger partial charge in [-0.15, -0.1) is 0 Å². The van der Waals surface area contributed by atoms with Gasteiger partial charge in [0.2, 0.25) is 5.43 Å². The van der Waals surface area contributed by atoms with Crippen LogP contribution in [0.15, 0.2) is 57.5 Å². The number of alkyl halides is 6. The largest absolute Gasteiger partial charge is 0.493 e. The number of rotatable bonds is 3. The van der Waals surface area contributed by atoms with Crippen molar-refractivity contribution in [2.75, 3.05) is 7.11 Å². The van der Waals surface area contributed by atoms with Gasteiger partial charge in [0.05, 0.1) is 29.6 Å². The summed E-state index contributed by atoms with van der Waals surface area (Å²) in [5.74, 6) is -0.00937. The van der Waals surface area contributed by atoms with Crippen molar-refractivity contribution in [3.8, 4) is 5.75 Å². The van der Waals surface area contributed by atoms with Gasteiger partial charge in [-0.1, -0.05) is 0 Å². The highest BCUT2D eigenvalue weighted by Crippen LogP contribution is 2.38. The summed E-state index contributed by atoms with van der Waals surface area (Å²) in [5, 5.41) is 7.00. The van der Waals surface area contributed by atoms with E-state index in [1.165, 1.54) is 25.3 Å². The highest BCUT2D eigenvalue weighted by molar-refractivity contribution is 5.47. The molecule has 0 aliphatic heterocycles. The molecule has 2 aromatic carbocycles. The van der Waals surface area contributed by atoms with Crippen LogP contribution < -0.4 is 10.2 Å². The standard InChI is InChI=1S/C16H10F6N2O2/c1-26-14-5-3-11(2-4-13(14)25)23-24-12-7-9(15(17,18)19)6-10(8-12)16(20,21)22/h2-8H,1H3. The average Bonchev–Trinajstić information content (AvgIpc) is 2.72. The summed E-state index contributed by atoms with van der Waals surface area (Å²) < 4.78 is 81.5. The first kappa shape index (κ1) is 19.4. The van der Waals surface area contributed by atoms with Gasteiger partial charge in [0, 0.05) is 0 Å². The Morgan fingerprint density at radius 3 is 1.77 bits per heavy atom. The second-order valence-corrected chi connectivity index (χ2v) is 4.99. The molecular weight excluding hydrogens is 366 g/mol. The van der Waals surface area contributed by atoms with Crippen molar-refractivity contribution < 1.29 is 31.1 Å². The molecule has 26 heavy (non-hydrogen) atoms. The zero-order valence-electron chi connectivity index (χ0n) is 13.0. The summed E-state index contributed by atoms with van der Waals surface area (Å²) in [6.07, 6.45) is -9.95. The fourth-order valence-corrected chi connectivity index (χ4v) is 1.89. The van der Waals surface area contributed by atoms with Crippen molar-refractivity contribution in [3.63, 3.8) is 0 Å². The van der Waals surface area contributed by atoms with E-state index in [9.17, 15) is 31.1 Å². The molecule has 0 N–H and O–H groups in total. The predicted octanol–water partition coefficient (Wildman–Crippen LogP) is 5.51. The van der Waals surface area contributed by atoms with Gasteiger partial charge in [0.15, 0.2) is 5.75 Å². The van der Waals surface area contributed by atoms with Crippen LogP contribution in [0.4, 0.5) is 37.7 Å². The molecule has 10 heteroatoms. The molecule has 0 unspecified atom stereocenters. The number of hydrogen-bond acceptors (Lipinski definition) is 4. The first-order chi connectivity index (χ1) is 12.0. The summed E-state index contributed by atoms with van der Waals surface area (Å²) in [5.41, 5.74) is -4.07. The second-order valence-electron chi connectivity index (χ2n) is 4.99. The van der Waals surface area contributed by atoms with Crippen molar-refractivity contribution in [2.45, 2.75) is 12.4 Å². The maximum absolute atomic E-state index is 12.8. The molecule has 2 rings (SSSR count). The zero-order valence-corrected chi connectivity index (χ0v) is 13.0. The minimum Gasteiger partial charge on any atom is -0.493 e. The fourth-order valence-electron chi connectivity index (χ4n) is 1.89. The van der Waals surface area contributed by atoms with Crippen molar-refractivity contribution in [1.29, 1.82) is 0 Å². The lowest BCUT2D eigenvalue weighted by atomic mass is 10.1. The molecule has 0 saturated heterocycles. The highest BCUT2D eigenvalue weighted by atomic mass is 19.4. The van der Waals surface area contributed by atoms with Crippen LogP contribution in [-0.2, 0) is 12.4 Å². The van der Waals surface area contributed by atoms with Crippen LogP contribution in [0.25, 0.3) is 0 Å². The molecule has 138 valence electrons. The number of ether oxygens (including phenoxy) is 1. The van der Waals surface area contributed by atoms with Crippen LogP contribution in [0, 0.1) is 0 Å². The minimum atomic E-state index is -4.98. The Balaban J connectivity index is 2.47. The van der Waals surface area contributed by atoms with E-state index in [2.05, 4.69) is 10.2 Å². The van der Waals surface area contributed by atoms with E-state index in [4.69, 9.17) is 4.74 Å². The van der Waals surface area contributed by atoms with Gasteiger partial charge in [-0.25, -0.2) is 0 Å². The minimum absolute atomic E-state index is 0.00386. The van der Waals surface area contributed by atoms with Crippen molar-refractivity contribution in [2.24, 2.45) is 10.2 Å². The Bertz CT molecular complexity index is 859. The van der Waals surface area contributed by atoms with Gasteiger partial charge in [0.1, 0.15) is 0 Å². The topological polar surface area (TPSA) is 51.0 Å². The third kappa shape index (κ3) is 4.80. The van der Waals surface area contributed by atoms with Gasteiger partial charge in [-0.2, -0.15) is 36.6 Å². The Hall–Kier alpha value is -2.91. The van der Waals surface area contributed by atoms with Crippen molar-refractivity contribution in [1.82, 2.24) is 0 Å². The van der Waals surface area contributed by atoms with E-state index in [0.717, 1.165) is 6.07 Å². The van der Waals surface area contributed by atoms with Crippen LogP contribution in [0.1, 0.15) is 11.1 Å². The number of hydrogen-bond donors (Lipinski definition) is 0. The molecule has 0 atom stereocenters. The summed E-state index contributed by atoms with van der Waals surface area (Å²) in [4.78, 5) is 11.5. The van der Waals surface area contributed by atoms with E-state index >= 15 is 0 Å². The summed E-state index contributed by atoms with van der Waals surface area (Å²) in [7, 11) is 1.26. The smallest absolute Gasteiger partial charge is 0.416 e. The third-order valence-corrected chi connectivity index (χ3v) is 3.13. The number of nitrogens with zero attached hydrogens (tertiary/aromatic N) is 2. The molecule has 2 aromatic rings. The monoisotopic (exact) mass is 376 g/mol. The van der Waals surface area contributed by atoms with Crippen LogP contribution in [-0.4, -0.2) is 7.11 Å². The molecule has 0 saturated carbocycles. The van der Waals surface area contributed by atoms with E-state index in [0.29, 0.717) is 12.1 Å². The normalized spacial score (nSPS) is 12.4. The molecule has 0 bridgehead atoms. The molecule has 0 aliphatic rings. The molecular formula is C16H10F6N2O2. The molecule has 0 heterocycles. The van der Waals surface area contributed by atoms with Crippen molar-refractivity contribution >= 4 is 11.4 Å². The first-order valence-electron chi connectivity index (χ1n) is 6.90. The number of azo groups is 1. The van der Waals surface area contributed by atoms with E-state index < -0.39 is 34.6 Å². The third-order valence-electron chi connectivity index (χ3n) is 3.13. The fraction of sp³-hybridized carbons (Fsp3) is 0.188. The van der Waals surface area contributed by atoms with Gasteiger partial charge in [-0.3, -0.25) is 4.79 Å². The SMILES string of the molecule is COc1ccc(N=Nc2cc(C(F)(F)F)cc(C(F)(F)F)c2)ccc1=O. The average molecular weight is 376 g/mol. The molecule has 0 radical (unpaired) electrons. The summed E-state index contributed by atoms with van der Waals surface area (Å²) in [6, 6.07) is 5.71. The van der Waals surface area contributed by atoms with Gasteiger partial charge < -0.3 is 4.74 Å².